The van der Waals surface area contributed by atoms with Crippen LogP contribution in [0, 0.1) is 5.82 Å². The Morgan fingerprint density at radius 2 is 1.89 bits per heavy atom. The molecule has 1 nitrogen and oxygen atoms in total. The van der Waals surface area contributed by atoms with Crippen molar-refractivity contribution in [3.05, 3.63) is 70.5 Å². The van der Waals surface area contributed by atoms with E-state index >= 15 is 0 Å². The summed E-state index contributed by atoms with van der Waals surface area (Å²) in [5.74, 6) is -0.940. The average Bonchev–Trinajstić information content (AvgIpc) is 2.37. The summed E-state index contributed by atoms with van der Waals surface area (Å²) in [6, 6.07) is 13.2. The summed E-state index contributed by atoms with van der Waals surface area (Å²) in [4.78, 5) is 11.6. The van der Waals surface area contributed by atoms with Crippen LogP contribution in [0.4, 0.5) is 4.39 Å². The predicted molar refractivity (Wildman–Crippen MR) is 75.2 cm³/mol. The molecule has 2 rings (SSSR count). The van der Waals surface area contributed by atoms with E-state index in [1.54, 1.807) is 42.5 Å². The molecule has 1 unspecified atom stereocenters. The van der Waals surface area contributed by atoms with Gasteiger partial charge in [-0.25, -0.2) is 4.39 Å². The molecule has 0 aliphatic heterocycles. The third-order valence-electron chi connectivity index (χ3n) is 2.91. The Bertz CT molecular complexity index is 598. The van der Waals surface area contributed by atoms with Crippen LogP contribution in [0.2, 0.25) is 5.02 Å². The predicted octanol–water partition coefficient (Wildman–Crippen LogP) is 4.57. The minimum atomic E-state index is -0.600. The summed E-state index contributed by atoms with van der Waals surface area (Å²) >= 11 is 11.5. The van der Waals surface area contributed by atoms with Crippen molar-refractivity contribution in [1.29, 1.82) is 0 Å². The third-order valence-corrected chi connectivity index (χ3v) is 3.41. The Hall–Kier alpha value is -1.38. The number of halogens is 3. The Morgan fingerprint density at radius 1 is 1.16 bits per heavy atom. The largest absolute Gasteiger partial charge is 0.281 e. The molecule has 0 heterocycles. The maximum atomic E-state index is 13.6. The van der Waals surface area contributed by atoms with Gasteiger partial charge in [-0.1, -0.05) is 41.9 Å². The molecule has 0 aromatic heterocycles. The first kappa shape index (κ1) is 14.0. The van der Waals surface area contributed by atoms with E-state index in [0.717, 1.165) is 0 Å². The number of benzene rings is 2. The molecular formula is C15H11Cl2FO. The average molecular weight is 297 g/mol. The molecule has 0 spiro atoms. The molecule has 0 aliphatic rings. The molecule has 2 aromatic rings. The summed E-state index contributed by atoms with van der Waals surface area (Å²) in [5.41, 5.74) is 1.15. The molecule has 0 radical (unpaired) electrons. The number of hydrogen-bond donors (Lipinski definition) is 0. The molecule has 0 fully saturated rings. The number of carbonyl (C=O) groups excluding carboxylic acids is 1. The fourth-order valence-electron chi connectivity index (χ4n) is 1.94. The van der Waals surface area contributed by atoms with Crippen LogP contribution in [-0.2, 0) is 11.2 Å². The van der Waals surface area contributed by atoms with Crippen LogP contribution in [0.1, 0.15) is 17.0 Å². The molecule has 0 bridgehead atoms. The second-order valence-corrected chi connectivity index (χ2v) is 5.02. The molecule has 0 saturated heterocycles. The standard InChI is InChI=1S/C15H11Cl2FO/c16-12-6-3-5-10(8-12)13(15(17)19)9-11-4-1-2-7-14(11)18/h1-8,13H,9H2. The van der Waals surface area contributed by atoms with E-state index in [9.17, 15) is 9.18 Å². The van der Waals surface area contributed by atoms with Gasteiger partial charge in [0.25, 0.3) is 0 Å². The van der Waals surface area contributed by atoms with Crippen LogP contribution in [-0.4, -0.2) is 5.24 Å². The highest BCUT2D eigenvalue weighted by molar-refractivity contribution is 6.64. The van der Waals surface area contributed by atoms with Gasteiger partial charge in [0.15, 0.2) is 0 Å². The summed E-state index contributed by atoms with van der Waals surface area (Å²) < 4.78 is 13.6. The monoisotopic (exact) mass is 296 g/mol. The molecule has 1 atom stereocenters. The van der Waals surface area contributed by atoms with Gasteiger partial charge in [0.2, 0.25) is 5.24 Å². The van der Waals surface area contributed by atoms with Gasteiger partial charge < -0.3 is 0 Å². The van der Waals surface area contributed by atoms with Gasteiger partial charge in [-0.05, 0) is 47.3 Å². The van der Waals surface area contributed by atoms with Crippen molar-refractivity contribution in [3.63, 3.8) is 0 Å². The van der Waals surface area contributed by atoms with Crippen molar-refractivity contribution in [1.82, 2.24) is 0 Å². The van der Waals surface area contributed by atoms with E-state index in [2.05, 4.69) is 0 Å². The normalized spacial score (nSPS) is 12.2. The van der Waals surface area contributed by atoms with Crippen LogP contribution in [0.5, 0.6) is 0 Å². The SMILES string of the molecule is O=C(Cl)C(Cc1ccccc1F)c1cccc(Cl)c1. The Kier molecular flexibility index (Phi) is 4.56. The summed E-state index contributed by atoms with van der Waals surface area (Å²) in [7, 11) is 0. The quantitative estimate of drug-likeness (QED) is 0.755. The third kappa shape index (κ3) is 3.55. The molecule has 0 amide bonds. The summed E-state index contributed by atoms with van der Waals surface area (Å²) in [5, 5.41) is -0.000491. The topological polar surface area (TPSA) is 17.1 Å². The first-order chi connectivity index (χ1) is 9.08. The van der Waals surface area contributed by atoms with Crippen LogP contribution >= 0.6 is 23.2 Å². The van der Waals surface area contributed by atoms with E-state index in [1.165, 1.54) is 6.07 Å². The molecular weight excluding hydrogens is 286 g/mol. The molecule has 0 N–H and O–H groups in total. The van der Waals surface area contributed by atoms with Crippen LogP contribution in [0.25, 0.3) is 0 Å². The van der Waals surface area contributed by atoms with Crippen molar-refractivity contribution in [2.75, 3.05) is 0 Å². The Morgan fingerprint density at radius 3 is 2.53 bits per heavy atom. The Balaban J connectivity index is 2.32. The fraction of sp³-hybridized carbons (Fsp3) is 0.133. The molecule has 19 heavy (non-hydrogen) atoms. The van der Waals surface area contributed by atoms with Crippen LogP contribution in [0.3, 0.4) is 0 Å². The van der Waals surface area contributed by atoms with Crippen LogP contribution in [0.15, 0.2) is 48.5 Å². The maximum Gasteiger partial charge on any atom is 0.229 e. The van der Waals surface area contributed by atoms with E-state index in [4.69, 9.17) is 23.2 Å². The second-order valence-electron chi connectivity index (χ2n) is 4.21. The minimum Gasteiger partial charge on any atom is -0.281 e. The Labute approximate surface area is 121 Å². The second kappa shape index (κ2) is 6.18. The zero-order valence-corrected chi connectivity index (χ0v) is 11.5. The maximum absolute atomic E-state index is 13.6. The van der Waals surface area contributed by atoms with Gasteiger partial charge in [-0.3, -0.25) is 4.79 Å². The van der Waals surface area contributed by atoms with E-state index in [1.807, 2.05) is 0 Å². The zero-order valence-electron chi connectivity index (χ0n) is 9.95. The van der Waals surface area contributed by atoms with Gasteiger partial charge >= 0.3 is 0 Å². The summed E-state index contributed by atoms with van der Waals surface area (Å²) in [6.45, 7) is 0. The lowest BCUT2D eigenvalue weighted by Crippen LogP contribution is -2.11. The first-order valence-corrected chi connectivity index (χ1v) is 6.51. The minimum absolute atomic E-state index is 0.218. The van der Waals surface area contributed by atoms with Crippen molar-refractivity contribution in [2.45, 2.75) is 12.3 Å². The lowest BCUT2D eigenvalue weighted by molar-refractivity contribution is -0.113. The van der Waals surface area contributed by atoms with Gasteiger partial charge in [0.05, 0.1) is 5.92 Å². The molecule has 2 aromatic carbocycles. The number of rotatable bonds is 4. The smallest absolute Gasteiger partial charge is 0.229 e. The number of carbonyl (C=O) groups is 1. The summed E-state index contributed by atoms with van der Waals surface area (Å²) in [6.07, 6.45) is 0.218. The van der Waals surface area contributed by atoms with Crippen LogP contribution < -0.4 is 0 Å². The fourth-order valence-corrected chi connectivity index (χ4v) is 2.34. The highest BCUT2D eigenvalue weighted by Crippen LogP contribution is 2.26. The lowest BCUT2D eigenvalue weighted by atomic mass is 9.93. The van der Waals surface area contributed by atoms with E-state index in [-0.39, 0.29) is 12.2 Å². The van der Waals surface area contributed by atoms with Crippen molar-refractivity contribution < 1.29 is 9.18 Å². The highest BCUT2D eigenvalue weighted by Gasteiger charge is 2.20. The molecule has 0 saturated carbocycles. The zero-order chi connectivity index (χ0) is 13.8. The van der Waals surface area contributed by atoms with E-state index in [0.29, 0.717) is 16.1 Å². The van der Waals surface area contributed by atoms with E-state index < -0.39 is 11.2 Å². The molecule has 98 valence electrons. The van der Waals surface area contributed by atoms with Gasteiger partial charge in [-0.15, -0.1) is 0 Å². The number of hydrogen-bond acceptors (Lipinski definition) is 1. The van der Waals surface area contributed by atoms with Gasteiger partial charge in [0, 0.05) is 5.02 Å². The molecule has 0 aliphatic carbocycles. The van der Waals surface area contributed by atoms with Crippen molar-refractivity contribution in [3.8, 4) is 0 Å². The van der Waals surface area contributed by atoms with Gasteiger partial charge in [-0.2, -0.15) is 0 Å². The van der Waals surface area contributed by atoms with Crippen molar-refractivity contribution >= 4 is 28.4 Å². The lowest BCUT2D eigenvalue weighted by Gasteiger charge is -2.14. The molecule has 4 heteroatoms. The van der Waals surface area contributed by atoms with Gasteiger partial charge in [0.1, 0.15) is 5.82 Å². The highest BCUT2D eigenvalue weighted by atomic mass is 35.5. The van der Waals surface area contributed by atoms with Crippen molar-refractivity contribution in [2.24, 2.45) is 0 Å². The first-order valence-electron chi connectivity index (χ1n) is 5.76.